The van der Waals surface area contributed by atoms with Crippen molar-refractivity contribution in [3.8, 4) is 0 Å². The van der Waals surface area contributed by atoms with Crippen LogP contribution in [-0.2, 0) is 4.74 Å². The summed E-state index contributed by atoms with van der Waals surface area (Å²) in [5.74, 6) is 0. The van der Waals surface area contributed by atoms with E-state index in [0.29, 0.717) is 17.4 Å². The lowest BCUT2D eigenvalue weighted by atomic mass is 9.36. The Balaban J connectivity index is 1.86. The molecule has 0 aromatic carbocycles. The maximum atomic E-state index is 8.93. The van der Waals surface area contributed by atoms with Crippen molar-refractivity contribution in [1.29, 1.82) is 0 Å². The fraction of sp³-hybridized carbons (Fsp3) is 1.00. The summed E-state index contributed by atoms with van der Waals surface area (Å²) in [6, 6.07) is 0. The topological polar surface area (TPSA) is 29.5 Å². The molecule has 0 saturated heterocycles. The van der Waals surface area contributed by atoms with Crippen LogP contribution >= 0.6 is 0 Å². The second-order valence-corrected chi connectivity index (χ2v) is 4.12. The highest BCUT2D eigenvalue weighted by Crippen LogP contribution is 2.72. The van der Waals surface area contributed by atoms with Crippen LogP contribution in [0.2, 0.25) is 0 Å². The molecule has 3 aliphatic rings. The van der Waals surface area contributed by atoms with Crippen LogP contribution in [0.3, 0.4) is 0 Å². The fourth-order valence-electron chi connectivity index (χ4n) is 2.86. The first kappa shape index (κ1) is 6.62. The zero-order valence-corrected chi connectivity index (χ0v) is 6.39. The third-order valence-corrected chi connectivity index (χ3v) is 3.04. The molecule has 2 heteroatoms. The normalized spacial score (nSPS) is 49.8. The molecule has 3 aliphatic carbocycles. The van der Waals surface area contributed by atoms with Gasteiger partial charge in [0.1, 0.15) is 0 Å². The van der Waals surface area contributed by atoms with E-state index >= 15 is 0 Å². The van der Waals surface area contributed by atoms with Crippen LogP contribution in [0.5, 0.6) is 0 Å². The molecule has 0 atom stereocenters. The molecule has 58 valence electrons. The number of ether oxygens (including phenoxy) is 1. The van der Waals surface area contributed by atoms with E-state index in [0.717, 1.165) is 6.61 Å². The second kappa shape index (κ2) is 1.74. The Bertz CT molecular complexity index is 134. The third-order valence-electron chi connectivity index (χ3n) is 3.04. The standard InChI is InChI=1S/C8H14O2/c1-10-6-8-2-7(3-8,4-8)5-9/h9H,2-6H2,1H3. The van der Waals surface area contributed by atoms with E-state index in [4.69, 9.17) is 9.84 Å². The molecule has 0 radical (unpaired) electrons. The summed E-state index contributed by atoms with van der Waals surface area (Å²) in [5.41, 5.74) is 0.843. The summed E-state index contributed by atoms with van der Waals surface area (Å²) in [5, 5.41) is 8.93. The lowest BCUT2D eigenvalue weighted by molar-refractivity contribution is -0.243. The third kappa shape index (κ3) is 0.611. The van der Waals surface area contributed by atoms with E-state index in [2.05, 4.69) is 0 Å². The van der Waals surface area contributed by atoms with Crippen molar-refractivity contribution in [2.45, 2.75) is 19.3 Å². The molecule has 0 heterocycles. The Kier molecular flexibility index (Phi) is 1.15. The van der Waals surface area contributed by atoms with Crippen LogP contribution in [0.1, 0.15) is 19.3 Å². The molecule has 0 aliphatic heterocycles. The number of methoxy groups -OCH3 is 1. The number of aliphatic hydroxyl groups excluding tert-OH is 1. The molecule has 3 saturated carbocycles. The Labute approximate surface area is 61.2 Å². The van der Waals surface area contributed by atoms with E-state index in [1.54, 1.807) is 7.11 Å². The molecule has 2 nitrogen and oxygen atoms in total. The minimum absolute atomic E-state index is 0.346. The Hall–Kier alpha value is -0.0800. The monoisotopic (exact) mass is 142 g/mol. The van der Waals surface area contributed by atoms with Gasteiger partial charge in [-0.15, -0.1) is 0 Å². The molecule has 0 spiro atoms. The number of rotatable bonds is 3. The van der Waals surface area contributed by atoms with E-state index in [-0.39, 0.29) is 0 Å². The lowest BCUT2D eigenvalue weighted by Gasteiger charge is -2.70. The van der Waals surface area contributed by atoms with E-state index in [1.807, 2.05) is 0 Å². The van der Waals surface area contributed by atoms with Gasteiger partial charge in [0.2, 0.25) is 0 Å². The van der Waals surface area contributed by atoms with Crippen LogP contribution in [0.15, 0.2) is 0 Å². The highest BCUT2D eigenvalue weighted by atomic mass is 16.5. The van der Waals surface area contributed by atoms with Crippen molar-refractivity contribution in [3.05, 3.63) is 0 Å². The van der Waals surface area contributed by atoms with Gasteiger partial charge >= 0.3 is 0 Å². The maximum Gasteiger partial charge on any atom is 0.0519 e. The summed E-state index contributed by atoms with van der Waals surface area (Å²) >= 11 is 0. The molecule has 3 rings (SSSR count). The Morgan fingerprint density at radius 2 is 1.90 bits per heavy atom. The van der Waals surface area contributed by atoms with Gasteiger partial charge in [-0.3, -0.25) is 0 Å². The zero-order chi connectivity index (χ0) is 7.24. The number of aliphatic hydroxyl groups is 1. The van der Waals surface area contributed by atoms with Crippen molar-refractivity contribution in [2.24, 2.45) is 10.8 Å². The van der Waals surface area contributed by atoms with Crippen molar-refractivity contribution in [1.82, 2.24) is 0 Å². The van der Waals surface area contributed by atoms with Crippen molar-refractivity contribution >= 4 is 0 Å². The minimum atomic E-state index is 0.346. The fourth-order valence-corrected chi connectivity index (χ4v) is 2.86. The summed E-state index contributed by atoms with van der Waals surface area (Å²) in [6.07, 6.45) is 3.60. The maximum absolute atomic E-state index is 8.93. The van der Waals surface area contributed by atoms with Gasteiger partial charge in [-0.05, 0) is 30.1 Å². The van der Waals surface area contributed by atoms with E-state index in [9.17, 15) is 0 Å². The number of hydrogen-bond donors (Lipinski definition) is 1. The van der Waals surface area contributed by atoms with Crippen LogP contribution in [0.4, 0.5) is 0 Å². The number of hydrogen-bond acceptors (Lipinski definition) is 2. The molecule has 3 fully saturated rings. The lowest BCUT2D eigenvalue weighted by Crippen LogP contribution is -2.65. The second-order valence-electron chi connectivity index (χ2n) is 4.12. The van der Waals surface area contributed by atoms with Crippen LogP contribution in [0.25, 0.3) is 0 Å². The van der Waals surface area contributed by atoms with E-state index < -0.39 is 0 Å². The van der Waals surface area contributed by atoms with Gasteiger partial charge in [0.15, 0.2) is 0 Å². The van der Waals surface area contributed by atoms with Gasteiger partial charge in [0.05, 0.1) is 6.61 Å². The molecule has 1 N–H and O–H groups in total. The molecule has 0 aromatic heterocycles. The molecule has 0 aromatic rings. The van der Waals surface area contributed by atoms with Gasteiger partial charge in [0.25, 0.3) is 0 Å². The molecular formula is C8H14O2. The van der Waals surface area contributed by atoms with Gasteiger partial charge in [-0.2, -0.15) is 0 Å². The molecular weight excluding hydrogens is 128 g/mol. The first-order valence-electron chi connectivity index (χ1n) is 3.84. The van der Waals surface area contributed by atoms with Gasteiger partial charge in [-0.1, -0.05) is 0 Å². The summed E-state index contributed by atoms with van der Waals surface area (Å²) in [7, 11) is 1.76. The predicted octanol–water partition coefficient (Wildman–Crippen LogP) is 0.795. The van der Waals surface area contributed by atoms with Gasteiger partial charge in [0, 0.05) is 13.7 Å². The molecule has 0 amide bonds. The largest absolute Gasteiger partial charge is 0.396 e. The summed E-state index contributed by atoms with van der Waals surface area (Å²) in [4.78, 5) is 0. The van der Waals surface area contributed by atoms with Crippen molar-refractivity contribution in [2.75, 3.05) is 20.3 Å². The Morgan fingerprint density at radius 3 is 2.30 bits per heavy atom. The Morgan fingerprint density at radius 1 is 1.30 bits per heavy atom. The molecule has 2 bridgehead atoms. The quantitative estimate of drug-likeness (QED) is 0.631. The summed E-state index contributed by atoms with van der Waals surface area (Å²) in [6.45, 7) is 1.28. The first-order chi connectivity index (χ1) is 4.74. The van der Waals surface area contributed by atoms with Gasteiger partial charge < -0.3 is 9.84 Å². The minimum Gasteiger partial charge on any atom is -0.396 e. The SMILES string of the molecule is COCC12CC(CO)(C1)C2. The zero-order valence-electron chi connectivity index (χ0n) is 6.39. The molecule has 0 unspecified atom stereocenters. The highest BCUT2D eigenvalue weighted by Gasteiger charge is 2.66. The van der Waals surface area contributed by atoms with Crippen LogP contribution in [-0.4, -0.2) is 25.4 Å². The van der Waals surface area contributed by atoms with Crippen molar-refractivity contribution < 1.29 is 9.84 Å². The van der Waals surface area contributed by atoms with E-state index in [1.165, 1.54) is 19.3 Å². The smallest absolute Gasteiger partial charge is 0.0519 e. The van der Waals surface area contributed by atoms with Crippen LogP contribution < -0.4 is 0 Å². The summed E-state index contributed by atoms with van der Waals surface area (Å²) < 4.78 is 5.09. The highest BCUT2D eigenvalue weighted by molar-refractivity contribution is 5.16. The van der Waals surface area contributed by atoms with Gasteiger partial charge in [-0.25, -0.2) is 0 Å². The van der Waals surface area contributed by atoms with Crippen LogP contribution in [0, 0.1) is 10.8 Å². The average molecular weight is 142 g/mol. The first-order valence-corrected chi connectivity index (χ1v) is 3.84. The average Bonchev–Trinajstić information content (AvgIpc) is 1.74. The predicted molar refractivity (Wildman–Crippen MR) is 37.7 cm³/mol. The molecule has 10 heavy (non-hydrogen) atoms. The van der Waals surface area contributed by atoms with Crippen molar-refractivity contribution in [3.63, 3.8) is 0 Å².